The SMILES string of the molecule is C=CCN1NC(c2ccccc2O)=CC=C1N(C)C1CC(C)(C)NC(C)(C)C1. The molecule has 0 unspecified atom stereocenters. The van der Waals surface area contributed by atoms with Crippen LogP contribution < -0.4 is 10.7 Å². The fourth-order valence-electron chi connectivity index (χ4n) is 4.64. The monoisotopic (exact) mass is 382 g/mol. The number of piperidine rings is 1. The van der Waals surface area contributed by atoms with Crippen molar-refractivity contribution in [3.63, 3.8) is 0 Å². The summed E-state index contributed by atoms with van der Waals surface area (Å²) in [5.74, 6) is 1.38. The summed E-state index contributed by atoms with van der Waals surface area (Å²) in [5, 5.41) is 16.1. The second kappa shape index (κ2) is 7.55. The zero-order chi connectivity index (χ0) is 20.5. The minimum atomic E-state index is 0.0867. The predicted octanol–water partition coefficient (Wildman–Crippen LogP) is 3.82. The molecule has 1 aromatic rings. The maximum Gasteiger partial charge on any atom is 0.124 e. The minimum absolute atomic E-state index is 0.0867. The third-order valence-corrected chi connectivity index (χ3v) is 5.51. The lowest BCUT2D eigenvalue weighted by molar-refractivity contribution is 0.0746. The van der Waals surface area contributed by atoms with Crippen molar-refractivity contribution >= 4 is 5.70 Å². The molecule has 3 rings (SSSR count). The quantitative estimate of drug-likeness (QED) is 0.676. The van der Waals surface area contributed by atoms with Crippen molar-refractivity contribution in [1.29, 1.82) is 0 Å². The molecule has 1 saturated heterocycles. The molecule has 152 valence electrons. The van der Waals surface area contributed by atoms with Gasteiger partial charge in [0, 0.05) is 29.7 Å². The zero-order valence-corrected chi connectivity index (χ0v) is 17.8. The number of nitrogens with zero attached hydrogens (tertiary/aromatic N) is 2. The number of aromatic hydroxyl groups is 1. The van der Waals surface area contributed by atoms with Crippen LogP contribution in [0, 0.1) is 0 Å². The minimum Gasteiger partial charge on any atom is -0.507 e. The van der Waals surface area contributed by atoms with E-state index in [1.165, 1.54) is 0 Å². The predicted molar refractivity (Wildman–Crippen MR) is 116 cm³/mol. The molecule has 2 aliphatic rings. The number of allylic oxidation sites excluding steroid dienone is 2. The molecule has 0 aromatic heterocycles. The van der Waals surface area contributed by atoms with E-state index in [1.54, 1.807) is 6.07 Å². The second-order valence-corrected chi connectivity index (χ2v) is 9.20. The summed E-state index contributed by atoms with van der Waals surface area (Å²) in [6.45, 7) is 13.7. The maximum atomic E-state index is 10.2. The molecule has 5 nitrogen and oxygen atoms in total. The van der Waals surface area contributed by atoms with Gasteiger partial charge in [-0.1, -0.05) is 18.2 Å². The van der Waals surface area contributed by atoms with Crippen LogP contribution in [0.15, 0.2) is 54.9 Å². The van der Waals surface area contributed by atoms with Gasteiger partial charge in [-0.2, -0.15) is 0 Å². The van der Waals surface area contributed by atoms with Gasteiger partial charge in [0.25, 0.3) is 0 Å². The Morgan fingerprint density at radius 2 is 1.82 bits per heavy atom. The molecule has 0 spiro atoms. The molecule has 0 radical (unpaired) electrons. The Morgan fingerprint density at radius 3 is 2.43 bits per heavy atom. The highest BCUT2D eigenvalue weighted by molar-refractivity contribution is 5.70. The van der Waals surface area contributed by atoms with Crippen LogP contribution in [-0.4, -0.2) is 45.7 Å². The number of benzene rings is 1. The van der Waals surface area contributed by atoms with Crippen LogP contribution in [0.4, 0.5) is 0 Å². The first kappa shape index (κ1) is 20.3. The molecule has 0 bridgehead atoms. The van der Waals surface area contributed by atoms with Gasteiger partial charge in [0.15, 0.2) is 0 Å². The number of nitrogens with one attached hydrogen (secondary N) is 2. The van der Waals surface area contributed by atoms with E-state index >= 15 is 0 Å². The van der Waals surface area contributed by atoms with Gasteiger partial charge in [-0.3, -0.25) is 10.4 Å². The number of phenolic OH excluding ortho intramolecular Hbond substituents is 1. The summed E-state index contributed by atoms with van der Waals surface area (Å²) in [6, 6.07) is 7.81. The molecule has 2 heterocycles. The van der Waals surface area contributed by atoms with E-state index in [9.17, 15) is 5.11 Å². The molecule has 2 aliphatic heterocycles. The molecule has 0 saturated carbocycles. The first-order chi connectivity index (χ1) is 13.1. The van der Waals surface area contributed by atoms with E-state index in [0.717, 1.165) is 29.9 Å². The summed E-state index contributed by atoms with van der Waals surface area (Å²) >= 11 is 0. The number of phenols is 1. The Morgan fingerprint density at radius 1 is 1.18 bits per heavy atom. The van der Waals surface area contributed by atoms with Gasteiger partial charge in [-0.25, -0.2) is 0 Å². The number of para-hydroxylation sites is 1. The van der Waals surface area contributed by atoms with E-state index in [4.69, 9.17) is 0 Å². The van der Waals surface area contributed by atoms with Crippen molar-refractivity contribution in [1.82, 2.24) is 20.7 Å². The van der Waals surface area contributed by atoms with Crippen LogP contribution in [0.5, 0.6) is 5.75 Å². The Balaban J connectivity index is 1.90. The summed E-state index contributed by atoms with van der Waals surface area (Å²) in [6.07, 6.45) is 8.20. The van der Waals surface area contributed by atoms with Gasteiger partial charge >= 0.3 is 0 Å². The fraction of sp³-hybridized carbons (Fsp3) is 0.478. The van der Waals surface area contributed by atoms with Crippen LogP contribution >= 0.6 is 0 Å². The Kier molecular flexibility index (Phi) is 5.48. The lowest BCUT2D eigenvalue weighted by Gasteiger charge is -2.51. The Hall–Kier alpha value is -2.40. The van der Waals surface area contributed by atoms with Crippen molar-refractivity contribution < 1.29 is 5.11 Å². The van der Waals surface area contributed by atoms with Crippen LogP contribution in [0.25, 0.3) is 5.70 Å². The largest absolute Gasteiger partial charge is 0.507 e. The number of hydrogen-bond donors (Lipinski definition) is 3. The average molecular weight is 383 g/mol. The standard InChI is InChI=1S/C23H34N4O/c1-7-14-27-21(13-12-19(24-27)18-10-8-9-11-20(18)28)26(6)17-15-22(2,3)25-23(4,5)16-17/h7-13,17,24-25,28H,1,14-16H2,2-6H3. The lowest BCUT2D eigenvalue weighted by atomic mass is 9.79. The Labute approximate surface area is 169 Å². The zero-order valence-electron chi connectivity index (χ0n) is 17.8. The molecule has 3 N–H and O–H groups in total. The number of hydrogen-bond acceptors (Lipinski definition) is 5. The van der Waals surface area contributed by atoms with E-state index in [-0.39, 0.29) is 16.8 Å². The van der Waals surface area contributed by atoms with E-state index in [1.807, 2.05) is 30.4 Å². The first-order valence-electron chi connectivity index (χ1n) is 9.99. The van der Waals surface area contributed by atoms with Crippen molar-refractivity contribution in [2.45, 2.75) is 57.7 Å². The van der Waals surface area contributed by atoms with Gasteiger partial charge in [-0.15, -0.1) is 6.58 Å². The Bertz CT molecular complexity index is 778. The molecule has 0 atom stereocenters. The van der Waals surface area contributed by atoms with Crippen molar-refractivity contribution in [2.24, 2.45) is 0 Å². The number of hydrazine groups is 1. The second-order valence-electron chi connectivity index (χ2n) is 9.20. The van der Waals surface area contributed by atoms with Crippen molar-refractivity contribution in [3.05, 3.63) is 60.5 Å². The average Bonchev–Trinajstić information content (AvgIpc) is 2.59. The highest BCUT2D eigenvalue weighted by Gasteiger charge is 2.40. The molecule has 1 aromatic carbocycles. The van der Waals surface area contributed by atoms with Crippen LogP contribution in [0.3, 0.4) is 0 Å². The smallest absolute Gasteiger partial charge is 0.124 e. The summed E-state index contributed by atoms with van der Waals surface area (Å²) in [7, 11) is 2.17. The summed E-state index contributed by atoms with van der Waals surface area (Å²) in [4.78, 5) is 2.37. The highest BCUT2D eigenvalue weighted by Crippen LogP contribution is 2.34. The fourth-order valence-corrected chi connectivity index (χ4v) is 4.64. The van der Waals surface area contributed by atoms with Gasteiger partial charge in [0.05, 0.1) is 12.2 Å². The van der Waals surface area contributed by atoms with Crippen molar-refractivity contribution in [2.75, 3.05) is 13.6 Å². The van der Waals surface area contributed by atoms with E-state index < -0.39 is 0 Å². The van der Waals surface area contributed by atoms with Gasteiger partial charge in [0.1, 0.15) is 11.6 Å². The molecule has 0 aliphatic carbocycles. The van der Waals surface area contributed by atoms with Crippen molar-refractivity contribution in [3.8, 4) is 5.75 Å². The molecular formula is C23H34N4O. The normalized spacial score (nSPS) is 21.4. The van der Waals surface area contributed by atoms with Gasteiger partial charge < -0.3 is 15.3 Å². The first-order valence-corrected chi connectivity index (χ1v) is 9.99. The van der Waals surface area contributed by atoms with Crippen LogP contribution in [0.2, 0.25) is 0 Å². The molecular weight excluding hydrogens is 348 g/mol. The van der Waals surface area contributed by atoms with E-state index in [0.29, 0.717) is 12.6 Å². The van der Waals surface area contributed by atoms with Gasteiger partial charge in [-0.05, 0) is 64.8 Å². The number of rotatable bonds is 5. The molecule has 0 amide bonds. The molecule has 5 heteroatoms. The highest BCUT2D eigenvalue weighted by atomic mass is 16.3. The third kappa shape index (κ3) is 4.36. The van der Waals surface area contributed by atoms with E-state index in [2.05, 4.69) is 68.0 Å². The lowest BCUT2D eigenvalue weighted by Crippen LogP contribution is -2.62. The molecule has 28 heavy (non-hydrogen) atoms. The molecule has 1 fully saturated rings. The van der Waals surface area contributed by atoms with Crippen LogP contribution in [0.1, 0.15) is 46.1 Å². The third-order valence-electron chi connectivity index (χ3n) is 5.51. The van der Waals surface area contributed by atoms with Crippen LogP contribution in [-0.2, 0) is 0 Å². The maximum absolute atomic E-state index is 10.2. The summed E-state index contributed by atoms with van der Waals surface area (Å²) < 4.78 is 0. The topological polar surface area (TPSA) is 50.8 Å². The summed E-state index contributed by atoms with van der Waals surface area (Å²) in [5.41, 5.74) is 5.30. The van der Waals surface area contributed by atoms with Gasteiger partial charge in [0.2, 0.25) is 0 Å².